The number of nitrogens with zero attached hydrogens (tertiary/aromatic N) is 2. The first-order valence-corrected chi connectivity index (χ1v) is 6.14. The highest BCUT2D eigenvalue weighted by Gasteiger charge is 2.15. The Labute approximate surface area is 97.4 Å². The number of aromatic nitrogens is 2. The summed E-state index contributed by atoms with van der Waals surface area (Å²) in [6, 6.07) is 0. The molecule has 0 spiro atoms. The molecule has 0 saturated carbocycles. The molecule has 2 rings (SSSR count). The van der Waals surface area contributed by atoms with E-state index in [1.165, 1.54) is 37.2 Å². The molecule has 1 aliphatic heterocycles. The molecule has 1 fully saturated rings. The van der Waals surface area contributed by atoms with Crippen LogP contribution in [0.15, 0.2) is 6.20 Å². The first-order valence-electron chi connectivity index (χ1n) is 6.14. The molecule has 0 amide bonds. The molecular weight excluding hydrogens is 200 g/mol. The number of piperidine rings is 1. The third-order valence-corrected chi connectivity index (χ3v) is 3.52. The maximum absolute atomic E-state index is 4.03. The van der Waals surface area contributed by atoms with Gasteiger partial charge in [0.25, 0.3) is 0 Å². The van der Waals surface area contributed by atoms with Gasteiger partial charge in [-0.1, -0.05) is 0 Å². The lowest BCUT2D eigenvalue weighted by Crippen LogP contribution is -2.34. The van der Waals surface area contributed by atoms with Gasteiger partial charge in [0, 0.05) is 17.8 Å². The highest BCUT2D eigenvalue weighted by molar-refractivity contribution is 5.13. The second-order valence-electron chi connectivity index (χ2n) is 4.90. The summed E-state index contributed by atoms with van der Waals surface area (Å²) in [4.78, 5) is 2.41. The number of aromatic amines is 1. The van der Waals surface area contributed by atoms with E-state index in [-0.39, 0.29) is 0 Å². The van der Waals surface area contributed by atoms with E-state index in [9.17, 15) is 0 Å². The Bertz CT molecular complexity index is 313. The molecule has 1 aliphatic rings. The van der Waals surface area contributed by atoms with Crippen molar-refractivity contribution in [3.8, 4) is 0 Å². The maximum atomic E-state index is 4.03. The maximum Gasteiger partial charge on any atom is 0.0535 e. The van der Waals surface area contributed by atoms with E-state index < -0.39 is 0 Å². The molecule has 0 radical (unpaired) electrons. The van der Waals surface area contributed by atoms with Crippen molar-refractivity contribution in [2.24, 2.45) is 5.92 Å². The molecule has 2 heterocycles. The predicted molar refractivity (Wildman–Crippen MR) is 65.3 cm³/mol. The number of aryl methyl sites for hydroxylation is 1. The van der Waals surface area contributed by atoms with Crippen LogP contribution in [0.5, 0.6) is 0 Å². The van der Waals surface area contributed by atoms with E-state index in [1.54, 1.807) is 0 Å². The third-order valence-electron chi connectivity index (χ3n) is 3.52. The minimum Gasteiger partial charge on any atom is -0.312 e. The van der Waals surface area contributed by atoms with Crippen LogP contribution in [0.2, 0.25) is 0 Å². The topological polar surface area (TPSA) is 44.0 Å². The van der Waals surface area contributed by atoms with Gasteiger partial charge in [-0.25, -0.2) is 0 Å². The number of likely N-dealkylation sites (tertiary alicyclic amines) is 1. The quantitative estimate of drug-likeness (QED) is 0.803. The van der Waals surface area contributed by atoms with Crippen LogP contribution in [0.3, 0.4) is 0 Å². The van der Waals surface area contributed by atoms with Gasteiger partial charge in [-0.3, -0.25) is 5.10 Å². The number of hydrogen-bond acceptors (Lipinski definition) is 3. The Morgan fingerprint density at radius 1 is 1.50 bits per heavy atom. The Balaban J connectivity index is 1.67. The van der Waals surface area contributed by atoms with E-state index in [2.05, 4.69) is 34.4 Å². The molecule has 1 aromatic rings. The molecule has 0 atom stereocenters. The minimum absolute atomic E-state index is 0.850. The number of rotatable bonds is 4. The monoisotopic (exact) mass is 222 g/mol. The van der Waals surface area contributed by atoms with Gasteiger partial charge in [-0.2, -0.15) is 5.10 Å². The van der Waals surface area contributed by atoms with Gasteiger partial charge in [-0.15, -0.1) is 0 Å². The van der Waals surface area contributed by atoms with Crippen LogP contribution in [0, 0.1) is 12.8 Å². The lowest BCUT2D eigenvalue weighted by atomic mass is 9.97. The van der Waals surface area contributed by atoms with E-state index in [1.807, 2.05) is 6.20 Å². The summed E-state index contributed by atoms with van der Waals surface area (Å²) in [6.45, 7) is 6.64. The molecule has 0 aliphatic carbocycles. The van der Waals surface area contributed by atoms with Gasteiger partial charge >= 0.3 is 0 Å². The molecule has 4 heteroatoms. The molecule has 0 aromatic carbocycles. The SMILES string of the molecule is Cc1[nH]ncc1CNCC1CCN(C)CC1. The minimum atomic E-state index is 0.850. The van der Waals surface area contributed by atoms with E-state index >= 15 is 0 Å². The molecule has 90 valence electrons. The molecule has 2 N–H and O–H groups in total. The average Bonchev–Trinajstić information content (AvgIpc) is 2.68. The van der Waals surface area contributed by atoms with Gasteiger partial charge in [0.2, 0.25) is 0 Å². The second-order valence-corrected chi connectivity index (χ2v) is 4.90. The number of nitrogens with one attached hydrogen (secondary N) is 2. The van der Waals surface area contributed by atoms with Gasteiger partial charge in [-0.05, 0) is 52.4 Å². The summed E-state index contributed by atoms with van der Waals surface area (Å²) in [5.74, 6) is 0.850. The van der Waals surface area contributed by atoms with Crippen LogP contribution in [0.1, 0.15) is 24.1 Å². The molecule has 1 saturated heterocycles. The van der Waals surface area contributed by atoms with Crippen LogP contribution in [0.4, 0.5) is 0 Å². The van der Waals surface area contributed by atoms with E-state index in [0.717, 1.165) is 19.0 Å². The lowest BCUT2D eigenvalue weighted by Gasteiger charge is -2.29. The van der Waals surface area contributed by atoms with Crippen molar-refractivity contribution in [3.05, 3.63) is 17.5 Å². The zero-order valence-corrected chi connectivity index (χ0v) is 10.3. The molecular formula is C12H22N4. The number of H-pyrrole nitrogens is 1. The van der Waals surface area contributed by atoms with Crippen LogP contribution in [0.25, 0.3) is 0 Å². The van der Waals surface area contributed by atoms with Crippen LogP contribution in [-0.2, 0) is 6.54 Å². The summed E-state index contributed by atoms with van der Waals surface area (Å²) in [7, 11) is 2.21. The summed E-state index contributed by atoms with van der Waals surface area (Å²) in [6.07, 6.45) is 4.57. The molecule has 16 heavy (non-hydrogen) atoms. The van der Waals surface area contributed by atoms with Crippen LogP contribution >= 0.6 is 0 Å². The predicted octanol–water partition coefficient (Wildman–Crippen LogP) is 1.15. The first-order chi connectivity index (χ1) is 7.75. The number of hydrogen-bond donors (Lipinski definition) is 2. The van der Waals surface area contributed by atoms with Gasteiger partial charge in [0.1, 0.15) is 0 Å². The molecule has 0 bridgehead atoms. The summed E-state index contributed by atoms with van der Waals surface area (Å²) in [5, 5.41) is 10.5. The van der Waals surface area contributed by atoms with E-state index in [4.69, 9.17) is 0 Å². The van der Waals surface area contributed by atoms with Gasteiger partial charge < -0.3 is 10.2 Å². The smallest absolute Gasteiger partial charge is 0.0535 e. The lowest BCUT2D eigenvalue weighted by molar-refractivity contribution is 0.216. The molecule has 1 aromatic heterocycles. The Hall–Kier alpha value is -0.870. The fourth-order valence-corrected chi connectivity index (χ4v) is 2.23. The molecule has 0 unspecified atom stereocenters. The summed E-state index contributed by atoms with van der Waals surface area (Å²) in [5.41, 5.74) is 2.46. The normalized spacial score (nSPS) is 19.1. The largest absolute Gasteiger partial charge is 0.312 e. The highest BCUT2D eigenvalue weighted by atomic mass is 15.1. The zero-order chi connectivity index (χ0) is 11.4. The Kier molecular flexibility index (Phi) is 3.96. The van der Waals surface area contributed by atoms with Crippen molar-refractivity contribution < 1.29 is 0 Å². The Morgan fingerprint density at radius 2 is 2.25 bits per heavy atom. The highest BCUT2D eigenvalue weighted by Crippen LogP contribution is 2.14. The first kappa shape index (κ1) is 11.6. The second kappa shape index (κ2) is 5.46. The average molecular weight is 222 g/mol. The molecule has 4 nitrogen and oxygen atoms in total. The van der Waals surface area contributed by atoms with Crippen LogP contribution < -0.4 is 5.32 Å². The van der Waals surface area contributed by atoms with Crippen molar-refractivity contribution >= 4 is 0 Å². The zero-order valence-electron chi connectivity index (χ0n) is 10.3. The third kappa shape index (κ3) is 3.06. The van der Waals surface area contributed by atoms with Crippen molar-refractivity contribution in [2.75, 3.05) is 26.7 Å². The standard InChI is InChI=1S/C12H22N4/c1-10-12(9-14-15-10)8-13-7-11-3-5-16(2)6-4-11/h9,11,13H,3-8H2,1-2H3,(H,14,15). The van der Waals surface area contributed by atoms with Crippen molar-refractivity contribution in [3.63, 3.8) is 0 Å². The van der Waals surface area contributed by atoms with Crippen LogP contribution in [-0.4, -0.2) is 41.8 Å². The fourth-order valence-electron chi connectivity index (χ4n) is 2.23. The van der Waals surface area contributed by atoms with Crippen molar-refractivity contribution in [2.45, 2.75) is 26.3 Å². The summed E-state index contributed by atoms with van der Waals surface area (Å²) < 4.78 is 0. The fraction of sp³-hybridized carbons (Fsp3) is 0.750. The summed E-state index contributed by atoms with van der Waals surface area (Å²) >= 11 is 0. The van der Waals surface area contributed by atoms with Gasteiger partial charge in [0.05, 0.1) is 6.20 Å². The Morgan fingerprint density at radius 3 is 2.88 bits per heavy atom. The van der Waals surface area contributed by atoms with Crippen molar-refractivity contribution in [1.82, 2.24) is 20.4 Å². The van der Waals surface area contributed by atoms with Crippen molar-refractivity contribution in [1.29, 1.82) is 0 Å². The van der Waals surface area contributed by atoms with Gasteiger partial charge in [0.15, 0.2) is 0 Å². The van der Waals surface area contributed by atoms with E-state index in [0.29, 0.717) is 0 Å².